The molecule has 3 aliphatic carbocycles. The number of esters is 1. The van der Waals surface area contributed by atoms with Crippen LogP contribution < -0.4 is 5.32 Å². The summed E-state index contributed by atoms with van der Waals surface area (Å²) in [5, 5.41) is 12.7. The lowest BCUT2D eigenvalue weighted by Crippen LogP contribution is -2.47. The number of carbonyl (C=O) groups is 3. The number of aryl methyl sites for hydroxylation is 1. The molecule has 2 N–H and O–H groups in total. The van der Waals surface area contributed by atoms with Crippen molar-refractivity contribution in [1.29, 1.82) is 0 Å². The third kappa shape index (κ3) is 2.84. The van der Waals surface area contributed by atoms with Crippen LogP contribution in [-0.4, -0.2) is 30.1 Å². The maximum absolute atomic E-state index is 12.8. The predicted octanol–water partition coefficient (Wildman–Crippen LogP) is 2.69. The number of methoxy groups -OCH3 is 1. The fourth-order valence-corrected chi connectivity index (χ4v) is 4.65. The first-order valence-corrected chi connectivity index (χ1v) is 8.64. The third-order valence-electron chi connectivity index (χ3n) is 4.83. The third-order valence-corrected chi connectivity index (χ3v) is 5.80. The second kappa shape index (κ2) is 6.39. The standard InChI is InChI=1S/C17H19NO5S/c1-8-7-11(17(22)23-2)15(24-8)18-14(19)12-9-3-5-10(6-4-9)13(12)16(20)21/h3,5,7,9-10,12-13H,4,6H2,1-2H3,(H,18,19)(H,20,21)/t9-,10-,12-,13-/m0/s1. The van der Waals surface area contributed by atoms with Gasteiger partial charge < -0.3 is 15.2 Å². The van der Waals surface area contributed by atoms with E-state index in [2.05, 4.69) is 5.32 Å². The van der Waals surface area contributed by atoms with E-state index in [0.717, 1.165) is 17.7 Å². The summed E-state index contributed by atoms with van der Waals surface area (Å²) in [5.41, 5.74) is 0.303. The molecular weight excluding hydrogens is 330 g/mol. The van der Waals surface area contributed by atoms with E-state index < -0.39 is 23.8 Å². The average molecular weight is 349 g/mol. The molecule has 128 valence electrons. The first-order chi connectivity index (χ1) is 11.4. The first kappa shape index (κ1) is 16.7. The van der Waals surface area contributed by atoms with Gasteiger partial charge >= 0.3 is 11.9 Å². The van der Waals surface area contributed by atoms with Gasteiger partial charge in [-0.15, -0.1) is 11.3 Å². The number of hydrogen-bond donors (Lipinski definition) is 2. The van der Waals surface area contributed by atoms with Crippen molar-refractivity contribution in [3.05, 3.63) is 28.7 Å². The molecule has 6 nitrogen and oxygen atoms in total. The minimum atomic E-state index is -0.940. The fraction of sp³-hybridized carbons (Fsp3) is 0.471. The summed E-state index contributed by atoms with van der Waals surface area (Å²) in [6.45, 7) is 1.83. The molecule has 0 aromatic carbocycles. The number of anilines is 1. The molecule has 4 rings (SSSR count). The highest BCUT2D eigenvalue weighted by molar-refractivity contribution is 7.16. The number of rotatable bonds is 4. The topological polar surface area (TPSA) is 92.7 Å². The maximum atomic E-state index is 12.8. The van der Waals surface area contributed by atoms with Crippen LogP contribution in [0.15, 0.2) is 18.2 Å². The van der Waals surface area contributed by atoms with E-state index in [0.29, 0.717) is 10.6 Å². The number of nitrogens with one attached hydrogen (secondary N) is 1. The number of thiophene rings is 1. The molecule has 1 aromatic heterocycles. The van der Waals surface area contributed by atoms with Crippen LogP contribution in [0.2, 0.25) is 0 Å². The zero-order valence-electron chi connectivity index (χ0n) is 13.4. The summed E-state index contributed by atoms with van der Waals surface area (Å²) in [7, 11) is 1.28. The average Bonchev–Trinajstić information content (AvgIpc) is 2.94. The SMILES string of the molecule is COC(=O)c1cc(C)sc1NC(=O)[C@@H]1[C@@H](C(=O)O)[C@H]2C=C[C@H]1CC2. The number of hydrogen-bond acceptors (Lipinski definition) is 5. The van der Waals surface area contributed by atoms with Gasteiger partial charge in [0.25, 0.3) is 0 Å². The van der Waals surface area contributed by atoms with Crippen LogP contribution in [-0.2, 0) is 14.3 Å². The zero-order chi connectivity index (χ0) is 17.4. The quantitative estimate of drug-likeness (QED) is 0.644. The molecule has 4 atom stereocenters. The molecule has 24 heavy (non-hydrogen) atoms. The second-order valence-corrected chi connectivity index (χ2v) is 7.52. The Labute approximate surface area is 143 Å². The Morgan fingerprint density at radius 2 is 1.83 bits per heavy atom. The van der Waals surface area contributed by atoms with Crippen LogP contribution in [0.4, 0.5) is 5.00 Å². The van der Waals surface area contributed by atoms with Crippen molar-refractivity contribution in [3.8, 4) is 0 Å². The molecule has 0 aliphatic heterocycles. The van der Waals surface area contributed by atoms with Crippen molar-refractivity contribution < 1.29 is 24.2 Å². The number of carboxylic acids is 1. The van der Waals surface area contributed by atoms with Crippen LogP contribution in [0.3, 0.4) is 0 Å². The highest BCUT2D eigenvalue weighted by Crippen LogP contribution is 2.45. The van der Waals surface area contributed by atoms with E-state index in [1.54, 1.807) is 6.07 Å². The van der Waals surface area contributed by atoms with Crippen molar-refractivity contribution >= 4 is 34.2 Å². The minimum absolute atomic E-state index is 0.0706. The first-order valence-electron chi connectivity index (χ1n) is 7.83. The predicted molar refractivity (Wildman–Crippen MR) is 89.0 cm³/mol. The highest BCUT2D eigenvalue weighted by Gasteiger charge is 2.48. The Hall–Kier alpha value is -2.15. The van der Waals surface area contributed by atoms with Crippen LogP contribution in [0.5, 0.6) is 0 Å². The van der Waals surface area contributed by atoms with Gasteiger partial charge in [-0.1, -0.05) is 12.2 Å². The minimum Gasteiger partial charge on any atom is -0.481 e. The fourth-order valence-electron chi connectivity index (χ4n) is 3.75. The summed E-state index contributed by atoms with van der Waals surface area (Å²) in [5.74, 6) is -3.30. The van der Waals surface area contributed by atoms with Gasteiger partial charge in [-0.05, 0) is 37.7 Å². The van der Waals surface area contributed by atoms with Crippen LogP contribution in [0.25, 0.3) is 0 Å². The number of fused-ring (bicyclic) bond motifs is 2. The summed E-state index contributed by atoms with van der Waals surface area (Å²) in [6, 6.07) is 1.66. The summed E-state index contributed by atoms with van der Waals surface area (Å²) < 4.78 is 4.74. The molecule has 0 saturated heterocycles. The lowest BCUT2D eigenvalue weighted by molar-refractivity contribution is -0.151. The maximum Gasteiger partial charge on any atom is 0.340 e. The zero-order valence-corrected chi connectivity index (χ0v) is 14.3. The molecule has 1 fully saturated rings. The summed E-state index contributed by atoms with van der Waals surface area (Å²) >= 11 is 1.28. The van der Waals surface area contributed by atoms with E-state index in [-0.39, 0.29) is 17.7 Å². The number of amides is 1. The molecule has 3 aliphatic rings. The molecule has 0 unspecified atom stereocenters. The van der Waals surface area contributed by atoms with Crippen LogP contribution in [0, 0.1) is 30.6 Å². The molecule has 1 aromatic rings. The molecule has 1 heterocycles. The van der Waals surface area contributed by atoms with E-state index in [1.807, 2.05) is 19.1 Å². The number of ether oxygens (including phenoxy) is 1. The van der Waals surface area contributed by atoms with Gasteiger partial charge in [0.05, 0.1) is 24.5 Å². The van der Waals surface area contributed by atoms with Crippen LogP contribution in [0.1, 0.15) is 28.1 Å². The number of carbonyl (C=O) groups excluding carboxylic acids is 2. The molecule has 1 amide bonds. The summed E-state index contributed by atoms with van der Waals surface area (Å²) in [6.07, 6.45) is 5.49. The van der Waals surface area contributed by atoms with Gasteiger partial charge in [-0.25, -0.2) is 4.79 Å². The highest BCUT2D eigenvalue weighted by atomic mass is 32.1. The lowest BCUT2D eigenvalue weighted by Gasteiger charge is -2.41. The van der Waals surface area contributed by atoms with Crippen molar-refractivity contribution in [2.75, 3.05) is 12.4 Å². The van der Waals surface area contributed by atoms with Gasteiger partial charge in [-0.3, -0.25) is 9.59 Å². The van der Waals surface area contributed by atoms with Gasteiger partial charge in [0.2, 0.25) is 5.91 Å². The molecule has 2 bridgehead atoms. The Bertz CT molecular complexity index is 723. The van der Waals surface area contributed by atoms with Crippen molar-refractivity contribution in [3.63, 3.8) is 0 Å². The van der Waals surface area contributed by atoms with Gasteiger partial charge in [0, 0.05) is 4.88 Å². The van der Waals surface area contributed by atoms with Crippen molar-refractivity contribution in [2.45, 2.75) is 19.8 Å². The van der Waals surface area contributed by atoms with Crippen molar-refractivity contribution in [2.24, 2.45) is 23.7 Å². The van der Waals surface area contributed by atoms with Gasteiger partial charge in [0.1, 0.15) is 5.00 Å². The Morgan fingerprint density at radius 3 is 2.38 bits per heavy atom. The molecular formula is C17H19NO5S. The van der Waals surface area contributed by atoms with Gasteiger partial charge in [-0.2, -0.15) is 0 Å². The van der Waals surface area contributed by atoms with Gasteiger partial charge in [0.15, 0.2) is 0 Å². The Morgan fingerprint density at radius 1 is 1.21 bits per heavy atom. The summed E-state index contributed by atoms with van der Waals surface area (Å²) in [4.78, 5) is 37.1. The van der Waals surface area contributed by atoms with E-state index in [4.69, 9.17) is 4.74 Å². The second-order valence-electron chi connectivity index (χ2n) is 6.26. The van der Waals surface area contributed by atoms with E-state index >= 15 is 0 Å². The largest absolute Gasteiger partial charge is 0.481 e. The van der Waals surface area contributed by atoms with E-state index in [1.165, 1.54) is 18.4 Å². The smallest absolute Gasteiger partial charge is 0.340 e. The molecule has 7 heteroatoms. The lowest BCUT2D eigenvalue weighted by atomic mass is 9.62. The number of allylic oxidation sites excluding steroid dienone is 2. The Kier molecular flexibility index (Phi) is 4.45. The molecule has 0 radical (unpaired) electrons. The monoisotopic (exact) mass is 349 g/mol. The molecule has 1 saturated carbocycles. The van der Waals surface area contributed by atoms with E-state index in [9.17, 15) is 19.5 Å². The Balaban J connectivity index is 1.86. The van der Waals surface area contributed by atoms with Crippen molar-refractivity contribution in [1.82, 2.24) is 0 Å². The number of aliphatic carboxylic acids is 1. The van der Waals surface area contributed by atoms with Crippen LogP contribution >= 0.6 is 11.3 Å². The molecule has 0 spiro atoms. The number of carboxylic acid groups (broad SMARTS) is 1. The normalized spacial score (nSPS) is 27.8.